The molecule has 0 aliphatic rings. The normalized spacial score (nSPS) is 11.6. The Labute approximate surface area is 124 Å². The van der Waals surface area contributed by atoms with Gasteiger partial charge in [0.25, 0.3) is 0 Å². The van der Waals surface area contributed by atoms with E-state index < -0.39 is 5.92 Å². The molecule has 1 amide bonds. The van der Waals surface area contributed by atoms with Crippen LogP contribution >= 0.6 is 0 Å². The van der Waals surface area contributed by atoms with Crippen molar-refractivity contribution in [3.05, 3.63) is 54.1 Å². The average Bonchev–Trinajstić information content (AvgIpc) is 3.03. The molecule has 108 valence electrons. The fraction of sp³-hybridized carbons (Fsp3) is 0.312. The van der Waals surface area contributed by atoms with Crippen molar-refractivity contribution in [1.29, 1.82) is 5.26 Å². The lowest BCUT2D eigenvalue weighted by molar-refractivity contribution is -0.123. The number of amides is 1. The van der Waals surface area contributed by atoms with Crippen molar-refractivity contribution >= 4 is 5.91 Å². The molecule has 0 saturated carbocycles. The number of benzene rings is 1. The second kappa shape index (κ2) is 7.85. The van der Waals surface area contributed by atoms with Crippen molar-refractivity contribution in [1.82, 2.24) is 15.3 Å². The number of aryl methyl sites for hydroxylation is 1. The van der Waals surface area contributed by atoms with Crippen molar-refractivity contribution in [2.75, 3.05) is 6.54 Å². The summed E-state index contributed by atoms with van der Waals surface area (Å²) in [4.78, 5) is 19.1. The topological polar surface area (TPSA) is 81.6 Å². The third kappa shape index (κ3) is 4.77. The van der Waals surface area contributed by atoms with Crippen molar-refractivity contribution in [2.45, 2.75) is 19.3 Å². The predicted octanol–water partition coefficient (Wildman–Crippen LogP) is 1.84. The maximum Gasteiger partial charge on any atom is 0.237 e. The number of hydrogen-bond donors (Lipinski definition) is 2. The van der Waals surface area contributed by atoms with Crippen LogP contribution in [0.5, 0.6) is 0 Å². The van der Waals surface area contributed by atoms with Gasteiger partial charge >= 0.3 is 0 Å². The Morgan fingerprint density at radius 1 is 1.38 bits per heavy atom. The molecule has 1 aromatic carbocycles. The third-order valence-corrected chi connectivity index (χ3v) is 3.20. The van der Waals surface area contributed by atoms with Crippen LogP contribution in [-0.4, -0.2) is 22.4 Å². The number of carbonyl (C=O) groups is 1. The van der Waals surface area contributed by atoms with E-state index >= 15 is 0 Å². The van der Waals surface area contributed by atoms with Crippen LogP contribution in [0, 0.1) is 17.2 Å². The van der Waals surface area contributed by atoms with E-state index in [0.29, 0.717) is 13.0 Å². The molecular weight excluding hydrogens is 264 g/mol. The molecule has 2 rings (SSSR count). The Hall–Kier alpha value is -2.61. The summed E-state index contributed by atoms with van der Waals surface area (Å²) in [7, 11) is 0. The Balaban J connectivity index is 1.74. The molecule has 1 atom stereocenters. The molecule has 0 aliphatic heterocycles. The molecular formula is C16H18N4O. The minimum atomic E-state index is -0.643. The maximum absolute atomic E-state index is 12.0. The summed E-state index contributed by atoms with van der Waals surface area (Å²) >= 11 is 0. The Morgan fingerprint density at radius 2 is 2.19 bits per heavy atom. The molecule has 1 unspecified atom stereocenters. The number of rotatable bonds is 7. The zero-order chi connectivity index (χ0) is 14.9. The van der Waals surface area contributed by atoms with Gasteiger partial charge in [-0.3, -0.25) is 4.79 Å². The summed E-state index contributed by atoms with van der Waals surface area (Å²) in [6, 6.07) is 11.7. The quantitative estimate of drug-likeness (QED) is 0.760. The van der Waals surface area contributed by atoms with Crippen molar-refractivity contribution in [2.24, 2.45) is 5.92 Å². The number of aromatic nitrogens is 2. The van der Waals surface area contributed by atoms with Gasteiger partial charge in [0.05, 0.1) is 6.07 Å². The van der Waals surface area contributed by atoms with Crippen LogP contribution in [0.4, 0.5) is 0 Å². The number of imidazole rings is 1. The summed E-state index contributed by atoms with van der Waals surface area (Å²) in [5.74, 6) is 0.0576. The van der Waals surface area contributed by atoms with E-state index in [2.05, 4.69) is 21.4 Å². The van der Waals surface area contributed by atoms with Gasteiger partial charge in [0, 0.05) is 25.4 Å². The van der Waals surface area contributed by atoms with Gasteiger partial charge in [-0.2, -0.15) is 5.26 Å². The van der Waals surface area contributed by atoms with Crippen molar-refractivity contribution < 1.29 is 4.79 Å². The lowest BCUT2D eigenvalue weighted by Crippen LogP contribution is -2.32. The van der Waals surface area contributed by atoms with E-state index in [-0.39, 0.29) is 5.91 Å². The van der Waals surface area contributed by atoms with E-state index in [1.165, 1.54) is 0 Å². The molecule has 0 aliphatic carbocycles. The van der Waals surface area contributed by atoms with Gasteiger partial charge in [0.2, 0.25) is 5.91 Å². The van der Waals surface area contributed by atoms with E-state index in [0.717, 1.165) is 24.2 Å². The van der Waals surface area contributed by atoms with E-state index in [1.807, 2.05) is 30.3 Å². The summed E-state index contributed by atoms with van der Waals surface area (Å²) in [6.07, 6.45) is 5.51. The Morgan fingerprint density at radius 3 is 2.86 bits per heavy atom. The monoisotopic (exact) mass is 282 g/mol. The molecule has 1 aromatic heterocycles. The van der Waals surface area contributed by atoms with Crippen LogP contribution in [0.2, 0.25) is 0 Å². The molecule has 1 heterocycles. The molecule has 5 heteroatoms. The van der Waals surface area contributed by atoms with Gasteiger partial charge < -0.3 is 10.3 Å². The van der Waals surface area contributed by atoms with Crippen LogP contribution in [0.15, 0.2) is 42.7 Å². The SMILES string of the molecule is N#CC(Cc1ccccc1)C(=O)NCCCc1ncc[nH]1. The van der Waals surface area contributed by atoms with Gasteiger partial charge in [-0.1, -0.05) is 30.3 Å². The first-order chi connectivity index (χ1) is 10.3. The first kappa shape index (κ1) is 14.8. The van der Waals surface area contributed by atoms with Gasteiger partial charge in [0.15, 0.2) is 0 Å². The number of H-pyrrole nitrogens is 1. The Bertz CT molecular complexity index is 586. The van der Waals surface area contributed by atoms with E-state index in [9.17, 15) is 4.79 Å². The molecule has 5 nitrogen and oxygen atoms in total. The highest BCUT2D eigenvalue weighted by Gasteiger charge is 2.17. The summed E-state index contributed by atoms with van der Waals surface area (Å²) in [5, 5.41) is 12.0. The molecule has 0 spiro atoms. The number of nitriles is 1. The standard InChI is InChI=1S/C16H18N4O/c17-12-14(11-13-5-2-1-3-6-13)16(21)20-8-4-7-15-18-9-10-19-15/h1-3,5-6,9-10,14H,4,7-8,11H2,(H,18,19)(H,20,21). The second-order valence-corrected chi connectivity index (χ2v) is 4.80. The highest BCUT2D eigenvalue weighted by atomic mass is 16.1. The van der Waals surface area contributed by atoms with Gasteiger partial charge in [0.1, 0.15) is 11.7 Å². The summed E-state index contributed by atoms with van der Waals surface area (Å²) in [6.45, 7) is 0.548. The van der Waals surface area contributed by atoms with Crippen LogP contribution < -0.4 is 5.32 Å². The van der Waals surface area contributed by atoms with Crippen LogP contribution in [0.3, 0.4) is 0 Å². The Kier molecular flexibility index (Phi) is 5.53. The number of aromatic amines is 1. The van der Waals surface area contributed by atoms with Crippen molar-refractivity contribution in [3.63, 3.8) is 0 Å². The zero-order valence-electron chi connectivity index (χ0n) is 11.7. The molecule has 0 radical (unpaired) electrons. The van der Waals surface area contributed by atoms with Gasteiger partial charge in [-0.05, 0) is 18.4 Å². The minimum absolute atomic E-state index is 0.208. The van der Waals surface area contributed by atoms with Crippen molar-refractivity contribution in [3.8, 4) is 6.07 Å². The smallest absolute Gasteiger partial charge is 0.237 e. The minimum Gasteiger partial charge on any atom is -0.355 e. The number of hydrogen-bond acceptors (Lipinski definition) is 3. The third-order valence-electron chi connectivity index (χ3n) is 3.20. The van der Waals surface area contributed by atoms with Crippen LogP contribution in [-0.2, 0) is 17.6 Å². The first-order valence-electron chi connectivity index (χ1n) is 6.99. The lowest BCUT2D eigenvalue weighted by Gasteiger charge is -2.10. The maximum atomic E-state index is 12.0. The van der Waals surface area contributed by atoms with Gasteiger partial charge in [-0.25, -0.2) is 4.98 Å². The summed E-state index contributed by atoms with van der Waals surface area (Å²) < 4.78 is 0. The largest absolute Gasteiger partial charge is 0.355 e. The van der Waals surface area contributed by atoms with Gasteiger partial charge in [-0.15, -0.1) is 0 Å². The predicted molar refractivity (Wildman–Crippen MR) is 79.2 cm³/mol. The molecule has 0 bridgehead atoms. The molecule has 0 saturated heterocycles. The molecule has 21 heavy (non-hydrogen) atoms. The number of nitrogens with zero attached hydrogens (tertiary/aromatic N) is 2. The first-order valence-corrected chi connectivity index (χ1v) is 6.99. The fourth-order valence-electron chi connectivity index (χ4n) is 2.07. The fourth-order valence-corrected chi connectivity index (χ4v) is 2.07. The molecule has 2 N–H and O–H groups in total. The highest BCUT2D eigenvalue weighted by Crippen LogP contribution is 2.08. The molecule has 2 aromatic rings. The van der Waals surface area contributed by atoms with E-state index in [4.69, 9.17) is 5.26 Å². The number of carbonyl (C=O) groups excluding carboxylic acids is 1. The lowest BCUT2D eigenvalue weighted by atomic mass is 10.00. The van der Waals surface area contributed by atoms with Crippen LogP contribution in [0.1, 0.15) is 17.8 Å². The summed E-state index contributed by atoms with van der Waals surface area (Å²) in [5.41, 5.74) is 0.995. The number of nitrogens with one attached hydrogen (secondary N) is 2. The average molecular weight is 282 g/mol. The molecule has 0 fully saturated rings. The van der Waals surface area contributed by atoms with E-state index in [1.54, 1.807) is 12.4 Å². The second-order valence-electron chi connectivity index (χ2n) is 4.80. The highest BCUT2D eigenvalue weighted by molar-refractivity contribution is 5.81. The van der Waals surface area contributed by atoms with Crippen LogP contribution in [0.25, 0.3) is 0 Å². The zero-order valence-corrected chi connectivity index (χ0v) is 11.7.